The number of fused-ring (bicyclic) bond motifs is 1. The molecule has 0 bridgehead atoms. The average Bonchev–Trinajstić information content (AvgIpc) is 3.14. The van der Waals surface area contributed by atoms with E-state index in [0.29, 0.717) is 19.0 Å². The zero-order valence-corrected chi connectivity index (χ0v) is 16.5. The van der Waals surface area contributed by atoms with Crippen LogP contribution in [0.4, 0.5) is 0 Å². The molecule has 1 aromatic carbocycles. The molecule has 3 rings (SSSR count). The molecule has 0 aliphatic carbocycles. The molecule has 1 aliphatic heterocycles. The maximum Gasteiger partial charge on any atom is 0.242 e. The number of aliphatic imine (C=N–C) groups is 1. The van der Waals surface area contributed by atoms with Gasteiger partial charge in [-0.2, -0.15) is 0 Å². The number of hydrogen-bond donors (Lipinski definition) is 2. The molecule has 0 atom stereocenters. The van der Waals surface area contributed by atoms with E-state index < -0.39 is 0 Å². The second-order valence-corrected chi connectivity index (χ2v) is 5.69. The summed E-state index contributed by atoms with van der Waals surface area (Å²) in [5, 5.41) is 6.18. The lowest BCUT2D eigenvalue weighted by molar-refractivity contribution is -0.130. The van der Waals surface area contributed by atoms with Crippen molar-refractivity contribution in [3.8, 4) is 0 Å². The third kappa shape index (κ3) is 5.22. The molecule has 2 aromatic rings. The van der Waals surface area contributed by atoms with Crippen molar-refractivity contribution in [3.05, 3.63) is 59.5 Å². The first-order chi connectivity index (χ1) is 11.8. The van der Waals surface area contributed by atoms with E-state index in [9.17, 15) is 4.79 Å². The number of rotatable bonds is 4. The Balaban J connectivity index is 0.00000225. The normalized spacial score (nSPS) is 13.6. The van der Waals surface area contributed by atoms with Gasteiger partial charge in [-0.25, -0.2) is 0 Å². The molecule has 1 aliphatic rings. The third-order valence-corrected chi connectivity index (χ3v) is 4.12. The topological polar surface area (TPSA) is 69.9 Å². The van der Waals surface area contributed by atoms with Gasteiger partial charge in [0.05, 0.1) is 19.4 Å². The van der Waals surface area contributed by atoms with Gasteiger partial charge in [-0.1, -0.05) is 24.3 Å². The smallest absolute Gasteiger partial charge is 0.242 e. The fraction of sp³-hybridized carbons (Fsp3) is 0.333. The predicted molar refractivity (Wildman–Crippen MR) is 108 cm³/mol. The van der Waals surface area contributed by atoms with Crippen LogP contribution in [-0.4, -0.2) is 36.9 Å². The van der Waals surface area contributed by atoms with Crippen molar-refractivity contribution in [1.29, 1.82) is 0 Å². The molecule has 2 heterocycles. The number of halogens is 1. The van der Waals surface area contributed by atoms with Crippen LogP contribution in [0, 0.1) is 0 Å². The van der Waals surface area contributed by atoms with Crippen molar-refractivity contribution < 1.29 is 9.21 Å². The highest BCUT2D eigenvalue weighted by Gasteiger charge is 2.20. The molecule has 1 amide bonds. The van der Waals surface area contributed by atoms with Crippen molar-refractivity contribution in [3.63, 3.8) is 0 Å². The van der Waals surface area contributed by atoms with E-state index in [1.54, 1.807) is 13.3 Å². The van der Waals surface area contributed by atoms with Gasteiger partial charge in [0.15, 0.2) is 5.96 Å². The van der Waals surface area contributed by atoms with Crippen LogP contribution in [0.5, 0.6) is 0 Å². The minimum absolute atomic E-state index is 0. The van der Waals surface area contributed by atoms with Crippen LogP contribution in [-0.2, 0) is 24.3 Å². The van der Waals surface area contributed by atoms with Gasteiger partial charge >= 0.3 is 0 Å². The maximum absolute atomic E-state index is 12.4. The Morgan fingerprint density at radius 1 is 1.20 bits per heavy atom. The summed E-state index contributed by atoms with van der Waals surface area (Å²) in [6, 6.07) is 12.0. The molecule has 0 fully saturated rings. The Kier molecular flexibility index (Phi) is 7.30. The van der Waals surface area contributed by atoms with Crippen LogP contribution in [0.1, 0.15) is 16.9 Å². The van der Waals surface area contributed by atoms with Gasteiger partial charge in [0, 0.05) is 20.1 Å². The largest absolute Gasteiger partial charge is 0.467 e. The summed E-state index contributed by atoms with van der Waals surface area (Å²) in [5.74, 6) is 1.47. The molecule has 0 unspecified atom stereocenters. The summed E-state index contributed by atoms with van der Waals surface area (Å²) in [6.07, 6.45) is 2.54. The lowest BCUT2D eigenvalue weighted by Gasteiger charge is -2.29. The zero-order chi connectivity index (χ0) is 16.8. The lowest BCUT2D eigenvalue weighted by atomic mass is 10.00. The molecule has 6 nitrogen and oxygen atoms in total. The first kappa shape index (κ1) is 19.3. The number of benzene rings is 1. The highest BCUT2D eigenvalue weighted by atomic mass is 127. The summed E-state index contributed by atoms with van der Waals surface area (Å²) in [7, 11) is 1.68. The number of carbonyl (C=O) groups excluding carboxylic acids is 1. The first-order valence-corrected chi connectivity index (χ1v) is 8.07. The third-order valence-electron chi connectivity index (χ3n) is 4.12. The van der Waals surface area contributed by atoms with E-state index in [4.69, 9.17) is 4.42 Å². The predicted octanol–water partition coefficient (Wildman–Crippen LogP) is 2.15. The van der Waals surface area contributed by atoms with Gasteiger partial charge in [0.2, 0.25) is 5.91 Å². The van der Waals surface area contributed by atoms with Gasteiger partial charge in [0.1, 0.15) is 5.76 Å². The Morgan fingerprint density at radius 2 is 2.00 bits per heavy atom. The Morgan fingerprint density at radius 3 is 2.72 bits per heavy atom. The molecule has 1 aromatic heterocycles. The van der Waals surface area contributed by atoms with Crippen molar-refractivity contribution in [1.82, 2.24) is 15.5 Å². The van der Waals surface area contributed by atoms with Crippen molar-refractivity contribution >= 4 is 35.8 Å². The van der Waals surface area contributed by atoms with Crippen LogP contribution in [0.15, 0.2) is 52.1 Å². The van der Waals surface area contributed by atoms with E-state index in [2.05, 4.69) is 27.8 Å². The Labute approximate surface area is 164 Å². The fourth-order valence-corrected chi connectivity index (χ4v) is 2.78. The van der Waals surface area contributed by atoms with Crippen LogP contribution < -0.4 is 10.6 Å². The van der Waals surface area contributed by atoms with E-state index >= 15 is 0 Å². The second-order valence-electron chi connectivity index (χ2n) is 5.69. The first-order valence-electron chi connectivity index (χ1n) is 8.07. The highest BCUT2D eigenvalue weighted by molar-refractivity contribution is 14.0. The molecule has 2 N–H and O–H groups in total. The zero-order valence-electron chi connectivity index (χ0n) is 14.2. The molecule has 0 saturated carbocycles. The van der Waals surface area contributed by atoms with Crippen LogP contribution in [0.2, 0.25) is 0 Å². The van der Waals surface area contributed by atoms with E-state index in [1.165, 1.54) is 11.1 Å². The Bertz CT molecular complexity index is 716. The van der Waals surface area contributed by atoms with Crippen molar-refractivity contribution in [2.45, 2.75) is 19.5 Å². The van der Waals surface area contributed by atoms with Crippen LogP contribution in [0.25, 0.3) is 0 Å². The monoisotopic (exact) mass is 454 g/mol. The standard InChI is InChI=1S/C18H22N4O2.HI/c1-19-18(20-11-16-7-4-10-24-16)21-12-17(23)22-9-8-14-5-2-3-6-15(14)13-22;/h2-7,10H,8-9,11-13H2,1H3,(H2,19,20,21);1H. The van der Waals surface area contributed by atoms with Crippen LogP contribution in [0.3, 0.4) is 0 Å². The number of furan rings is 1. The SMILES string of the molecule is CN=C(NCC(=O)N1CCc2ccccc2C1)NCc1ccco1.I. The minimum atomic E-state index is 0. The quantitative estimate of drug-likeness (QED) is 0.422. The number of hydrogen-bond acceptors (Lipinski definition) is 3. The maximum atomic E-state index is 12.4. The summed E-state index contributed by atoms with van der Waals surface area (Å²) in [4.78, 5) is 18.4. The molecular weight excluding hydrogens is 431 g/mol. The molecular formula is C18H23IN4O2. The van der Waals surface area contributed by atoms with Gasteiger partial charge in [-0.3, -0.25) is 9.79 Å². The van der Waals surface area contributed by atoms with Gasteiger partial charge in [0.25, 0.3) is 0 Å². The molecule has 0 radical (unpaired) electrons. The average molecular weight is 454 g/mol. The number of carbonyl (C=O) groups is 1. The molecule has 0 spiro atoms. The molecule has 0 saturated heterocycles. The summed E-state index contributed by atoms with van der Waals surface area (Å²) < 4.78 is 5.26. The van der Waals surface area contributed by atoms with Gasteiger partial charge < -0.3 is 20.0 Å². The van der Waals surface area contributed by atoms with Crippen LogP contribution >= 0.6 is 24.0 Å². The summed E-state index contributed by atoms with van der Waals surface area (Å²) in [6.45, 7) is 2.18. The van der Waals surface area contributed by atoms with E-state index in [0.717, 1.165) is 18.7 Å². The highest BCUT2D eigenvalue weighted by Crippen LogP contribution is 2.18. The lowest BCUT2D eigenvalue weighted by Crippen LogP contribution is -2.45. The fourth-order valence-electron chi connectivity index (χ4n) is 2.78. The molecule has 7 heteroatoms. The Hall–Kier alpha value is -2.03. The second kappa shape index (κ2) is 9.45. The van der Waals surface area contributed by atoms with E-state index in [-0.39, 0.29) is 36.4 Å². The van der Waals surface area contributed by atoms with E-state index in [1.807, 2.05) is 29.2 Å². The molecule has 25 heavy (non-hydrogen) atoms. The number of guanidine groups is 1. The van der Waals surface area contributed by atoms with Gasteiger partial charge in [-0.05, 0) is 29.7 Å². The number of nitrogens with one attached hydrogen (secondary N) is 2. The number of nitrogens with zero attached hydrogens (tertiary/aromatic N) is 2. The van der Waals surface area contributed by atoms with Crippen molar-refractivity contribution in [2.24, 2.45) is 4.99 Å². The molecule has 134 valence electrons. The summed E-state index contributed by atoms with van der Waals surface area (Å²) in [5.41, 5.74) is 2.57. The summed E-state index contributed by atoms with van der Waals surface area (Å²) >= 11 is 0. The van der Waals surface area contributed by atoms with Gasteiger partial charge in [-0.15, -0.1) is 24.0 Å². The minimum Gasteiger partial charge on any atom is -0.467 e. The number of amides is 1. The van der Waals surface area contributed by atoms with Crippen molar-refractivity contribution in [2.75, 3.05) is 20.1 Å².